The van der Waals surface area contributed by atoms with Crippen LogP contribution in [-0.4, -0.2) is 4.57 Å². The Hall–Kier alpha value is -0.406. The molecule has 1 heterocycles. The van der Waals surface area contributed by atoms with Gasteiger partial charge in [-0.2, -0.15) is 0 Å². The van der Waals surface area contributed by atoms with Crippen molar-refractivity contribution < 1.29 is 32.7 Å². The van der Waals surface area contributed by atoms with Crippen LogP contribution in [0.25, 0.3) is 11.0 Å². The van der Waals surface area contributed by atoms with E-state index in [0.29, 0.717) is 5.92 Å². The first-order chi connectivity index (χ1) is 6.61. The molecule has 0 bridgehead atoms. The molecule has 1 aromatic heterocycles. The second-order valence-electron chi connectivity index (χ2n) is 3.82. The van der Waals surface area contributed by atoms with E-state index in [1.54, 1.807) is 11.6 Å². The molecule has 0 saturated heterocycles. The van der Waals surface area contributed by atoms with Gasteiger partial charge in [-0.1, -0.05) is 39.1 Å². The molecule has 1 aromatic carbocycles. The number of aromatic nitrogens is 2. The van der Waals surface area contributed by atoms with Crippen LogP contribution in [0.3, 0.4) is 0 Å². The van der Waals surface area contributed by atoms with Crippen molar-refractivity contribution in [2.24, 2.45) is 7.05 Å². The summed E-state index contributed by atoms with van der Waals surface area (Å²) < 4.78 is 1.62. The minimum Gasteiger partial charge on any atom is -0.413 e. The minimum atomic E-state index is -0.173. The zero-order valence-corrected chi connectivity index (χ0v) is 12.0. The number of aryl methyl sites for hydroxylation is 1. The van der Waals surface area contributed by atoms with E-state index in [9.17, 15) is 4.79 Å². The largest absolute Gasteiger partial charge is 0.413 e. The summed E-state index contributed by atoms with van der Waals surface area (Å²) >= 11 is 0. The normalized spacial score (nSPS) is 10.7. The van der Waals surface area contributed by atoms with Crippen molar-refractivity contribution in [3.05, 3.63) is 34.2 Å². The maximum absolute atomic E-state index is 11.4. The predicted molar refractivity (Wildman–Crippen MR) is 56.6 cm³/mol. The van der Waals surface area contributed by atoms with Crippen molar-refractivity contribution in [2.45, 2.75) is 19.8 Å². The summed E-state index contributed by atoms with van der Waals surface area (Å²) in [5.74, 6) is 0.411. The Labute approximate surface area is 114 Å². The van der Waals surface area contributed by atoms with Crippen LogP contribution in [0, 0.1) is 0 Å². The molecule has 77 valence electrons. The number of imidazole rings is 1. The SMILES string of the molecule is CC(C)c1cccc2[n-]c(=O)n(C)c12.[Y]. The Morgan fingerprint density at radius 3 is 2.60 bits per heavy atom. The second-order valence-corrected chi connectivity index (χ2v) is 3.82. The topological polar surface area (TPSA) is 36.1 Å². The van der Waals surface area contributed by atoms with E-state index >= 15 is 0 Å². The van der Waals surface area contributed by atoms with Gasteiger partial charge in [-0.15, -0.1) is 0 Å². The quantitative estimate of drug-likeness (QED) is 0.794. The van der Waals surface area contributed by atoms with Crippen molar-refractivity contribution in [1.82, 2.24) is 9.55 Å². The molecule has 1 radical (unpaired) electrons. The van der Waals surface area contributed by atoms with Gasteiger partial charge in [0.15, 0.2) is 5.69 Å². The molecule has 0 amide bonds. The molecule has 0 spiro atoms. The third-order valence-corrected chi connectivity index (χ3v) is 2.51. The number of rotatable bonds is 1. The number of benzene rings is 1. The average Bonchev–Trinajstić information content (AvgIpc) is 2.43. The summed E-state index contributed by atoms with van der Waals surface area (Å²) in [4.78, 5) is 15.3. The van der Waals surface area contributed by atoms with E-state index in [0.717, 1.165) is 11.0 Å². The third kappa shape index (κ3) is 2.09. The molecule has 0 fully saturated rings. The van der Waals surface area contributed by atoms with Crippen LogP contribution in [0.4, 0.5) is 0 Å². The maximum atomic E-state index is 11.4. The Balaban J connectivity index is 0.00000112. The van der Waals surface area contributed by atoms with Gasteiger partial charge in [0.2, 0.25) is 0 Å². The third-order valence-electron chi connectivity index (χ3n) is 2.51. The molecule has 3 nitrogen and oxygen atoms in total. The fourth-order valence-electron chi connectivity index (χ4n) is 1.74. The molecule has 0 unspecified atom stereocenters. The van der Waals surface area contributed by atoms with Crippen LogP contribution >= 0.6 is 0 Å². The number of hydrogen-bond acceptors (Lipinski definition) is 1. The number of para-hydroxylation sites is 1. The molecule has 4 heteroatoms. The molecule has 2 rings (SSSR count). The van der Waals surface area contributed by atoms with E-state index < -0.39 is 0 Å². The van der Waals surface area contributed by atoms with E-state index in [4.69, 9.17) is 0 Å². The van der Waals surface area contributed by atoms with E-state index in [1.807, 2.05) is 18.2 Å². The van der Waals surface area contributed by atoms with Gasteiger partial charge >= 0.3 is 0 Å². The van der Waals surface area contributed by atoms with Crippen LogP contribution in [-0.2, 0) is 39.8 Å². The van der Waals surface area contributed by atoms with Gasteiger partial charge in [0.25, 0.3) is 0 Å². The molecule has 0 saturated carbocycles. The smallest absolute Gasteiger partial charge is 0.162 e. The molecule has 0 N–H and O–H groups in total. The average molecular weight is 278 g/mol. The minimum absolute atomic E-state index is 0. The molecular formula is C11H13N2OY-. The summed E-state index contributed by atoms with van der Waals surface area (Å²) in [6, 6.07) is 5.88. The zero-order chi connectivity index (χ0) is 10.3. The van der Waals surface area contributed by atoms with E-state index in [2.05, 4.69) is 18.8 Å². The van der Waals surface area contributed by atoms with Crippen molar-refractivity contribution >= 4 is 11.0 Å². The van der Waals surface area contributed by atoms with Crippen LogP contribution in [0.1, 0.15) is 25.3 Å². The molecule has 0 aliphatic rings. The van der Waals surface area contributed by atoms with Gasteiger partial charge in [0, 0.05) is 32.7 Å². The van der Waals surface area contributed by atoms with Crippen LogP contribution in [0.2, 0.25) is 0 Å². The number of hydrogen-bond donors (Lipinski definition) is 0. The Morgan fingerprint density at radius 2 is 2.00 bits per heavy atom. The van der Waals surface area contributed by atoms with Gasteiger partial charge in [-0.3, -0.25) is 4.79 Å². The summed E-state index contributed by atoms with van der Waals surface area (Å²) in [6.07, 6.45) is 0. The van der Waals surface area contributed by atoms with Crippen LogP contribution in [0.15, 0.2) is 23.0 Å². The molecule has 2 aromatic rings. The molecule has 0 aliphatic carbocycles. The van der Waals surface area contributed by atoms with E-state index in [1.165, 1.54) is 5.56 Å². The summed E-state index contributed by atoms with van der Waals surface area (Å²) in [6.45, 7) is 4.23. The van der Waals surface area contributed by atoms with Crippen molar-refractivity contribution in [2.75, 3.05) is 0 Å². The maximum Gasteiger partial charge on any atom is 0.162 e. The molecule has 0 atom stereocenters. The first-order valence-corrected chi connectivity index (χ1v) is 4.73. The Morgan fingerprint density at radius 1 is 1.33 bits per heavy atom. The fourth-order valence-corrected chi connectivity index (χ4v) is 1.74. The number of nitrogens with zero attached hydrogens (tertiary/aromatic N) is 2. The van der Waals surface area contributed by atoms with Gasteiger partial charge in [-0.05, 0) is 22.5 Å². The van der Waals surface area contributed by atoms with Gasteiger partial charge in [0.1, 0.15) is 0 Å². The van der Waals surface area contributed by atoms with Crippen LogP contribution in [0.5, 0.6) is 0 Å². The van der Waals surface area contributed by atoms with Gasteiger partial charge in [-0.25, -0.2) is 0 Å². The molecule has 0 aliphatic heterocycles. The predicted octanol–water partition coefficient (Wildman–Crippen LogP) is 1.62. The summed E-state index contributed by atoms with van der Waals surface area (Å²) in [5, 5.41) is 0. The summed E-state index contributed by atoms with van der Waals surface area (Å²) in [5.41, 5.74) is 2.77. The molecular weight excluding hydrogens is 265 g/mol. The Kier molecular flexibility index (Phi) is 3.90. The van der Waals surface area contributed by atoms with Crippen molar-refractivity contribution in [3.63, 3.8) is 0 Å². The van der Waals surface area contributed by atoms with Gasteiger partial charge in [0.05, 0.1) is 0 Å². The van der Waals surface area contributed by atoms with Gasteiger partial charge < -0.3 is 9.55 Å². The monoisotopic (exact) mass is 278 g/mol. The number of fused-ring (bicyclic) bond motifs is 1. The second kappa shape index (κ2) is 4.62. The summed E-state index contributed by atoms with van der Waals surface area (Å²) in [7, 11) is 1.77. The van der Waals surface area contributed by atoms with E-state index in [-0.39, 0.29) is 38.4 Å². The standard InChI is InChI=1S/C11H14N2O.Y/c1-7(2)8-5-4-6-9-10(8)13(3)11(14)12-9;/h4-7H,1-3H3,(H,12,14);/p-1. The first-order valence-electron chi connectivity index (χ1n) is 4.73. The Bertz CT molecular complexity index is 525. The zero-order valence-electron chi connectivity index (χ0n) is 9.19. The van der Waals surface area contributed by atoms with Crippen molar-refractivity contribution in [3.8, 4) is 0 Å². The molecule has 15 heavy (non-hydrogen) atoms. The first kappa shape index (κ1) is 12.7. The van der Waals surface area contributed by atoms with Crippen LogP contribution < -0.4 is 10.7 Å². The fraction of sp³-hybridized carbons (Fsp3) is 0.364. The van der Waals surface area contributed by atoms with Crippen molar-refractivity contribution in [1.29, 1.82) is 0 Å².